The average Bonchev–Trinajstić information content (AvgIpc) is 1.96. The molecule has 0 amide bonds. The summed E-state index contributed by atoms with van der Waals surface area (Å²) < 4.78 is 76.9. The van der Waals surface area contributed by atoms with E-state index in [0.29, 0.717) is 34.1 Å². The number of hydrogen-bond acceptors (Lipinski definition) is 3. The van der Waals surface area contributed by atoms with E-state index in [2.05, 4.69) is 103 Å². The van der Waals surface area contributed by atoms with Crippen molar-refractivity contribution in [3.63, 3.8) is 0 Å². The Bertz CT molecular complexity index is 4250. The van der Waals surface area contributed by atoms with E-state index in [-0.39, 0.29) is 0 Å². The molecule has 0 spiro atoms. The molecule has 0 saturated heterocycles. The largest absolute Gasteiger partial charge is 0.457 e. The van der Waals surface area contributed by atoms with Gasteiger partial charge in [0.25, 0.3) is 0 Å². The zero-order valence-electron chi connectivity index (χ0n) is 45.8. The molecule has 14 rings (SSSR count). The standard InChI is InChI=1S/C78H51F4NO2/c1-3-50-18-32-65(33-19-50)84-67-36-24-54(25-37-67)77(56-42-58(79)46-59(80)43-56)73-16-10-8-14-69(73)71-40-30-63(48-75(71)77)83(62-28-22-53(23-29-62)52-12-6-5-7-13-52)64-31-41-72-70-15-9-11-17-74(70)78(76(72)49-64,57-44-60(81)47-61(82)45-57)55-26-38-68(39-27-55)85-66-34-20-51(4-2)21-35-66/h3-49H,1-2H2. The number of fused-ring (bicyclic) bond motifs is 6. The third kappa shape index (κ3) is 9.00. The Balaban J connectivity index is 0.984. The van der Waals surface area contributed by atoms with Crippen molar-refractivity contribution in [1.82, 2.24) is 0 Å². The van der Waals surface area contributed by atoms with Gasteiger partial charge in [-0.25, -0.2) is 17.6 Å². The zero-order chi connectivity index (χ0) is 57.8. The van der Waals surface area contributed by atoms with E-state index in [1.807, 2.05) is 152 Å². The molecule has 2 aliphatic carbocycles. The Morgan fingerprint density at radius 3 is 1.04 bits per heavy atom. The highest BCUT2D eigenvalue weighted by Crippen LogP contribution is 2.60. The Labute approximate surface area is 491 Å². The summed E-state index contributed by atoms with van der Waals surface area (Å²) in [6, 6.07) is 85.5. The Kier molecular flexibility index (Phi) is 13.1. The number of halogens is 4. The summed E-state index contributed by atoms with van der Waals surface area (Å²) in [6.45, 7) is 7.75. The van der Waals surface area contributed by atoms with Crippen LogP contribution in [0.4, 0.5) is 34.6 Å². The molecule has 2 aliphatic rings. The number of ether oxygens (including phenoxy) is 2. The third-order valence-electron chi connectivity index (χ3n) is 16.7. The van der Waals surface area contributed by atoms with Gasteiger partial charge >= 0.3 is 0 Å². The minimum atomic E-state index is -1.25. The van der Waals surface area contributed by atoms with E-state index in [1.54, 1.807) is 12.2 Å². The van der Waals surface area contributed by atoms with E-state index in [9.17, 15) is 0 Å². The van der Waals surface area contributed by atoms with Crippen molar-refractivity contribution in [2.24, 2.45) is 0 Å². The summed E-state index contributed by atoms with van der Waals surface area (Å²) >= 11 is 0. The van der Waals surface area contributed by atoms with E-state index < -0.39 is 34.1 Å². The van der Waals surface area contributed by atoms with Gasteiger partial charge in [-0.1, -0.05) is 177 Å². The summed E-state index contributed by atoms with van der Waals surface area (Å²) in [4.78, 5) is 2.18. The lowest BCUT2D eigenvalue weighted by atomic mass is 9.67. The first-order chi connectivity index (χ1) is 41.6. The fourth-order valence-electron chi connectivity index (χ4n) is 13.0. The van der Waals surface area contributed by atoms with Crippen molar-refractivity contribution in [3.8, 4) is 56.4 Å². The number of nitrogens with zero attached hydrogens (tertiary/aromatic N) is 1. The molecule has 12 aromatic rings. The van der Waals surface area contributed by atoms with Crippen molar-refractivity contribution in [2.45, 2.75) is 10.8 Å². The first-order valence-electron chi connectivity index (χ1n) is 28.0. The van der Waals surface area contributed by atoms with Crippen molar-refractivity contribution in [2.75, 3.05) is 4.90 Å². The molecule has 7 heteroatoms. The van der Waals surface area contributed by atoms with Crippen molar-refractivity contribution in [3.05, 3.63) is 365 Å². The minimum absolute atomic E-state index is 0.408. The molecular formula is C78H51F4NO2. The van der Waals surface area contributed by atoms with E-state index in [0.717, 1.165) is 107 Å². The van der Waals surface area contributed by atoms with Gasteiger partial charge in [0.15, 0.2) is 0 Å². The van der Waals surface area contributed by atoms with Crippen LogP contribution in [0.5, 0.6) is 23.0 Å². The molecule has 408 valence electrons. The van der Waals surface area contributed by atoms with Crippen LogP contribution in [0.3, 0.4) is 0 Å². The molecular weight excluding hydrogens is 1060 g/mol. The van der Waals surface area contributed by atoms with Gasteiger partial charge in [-0.2, -0.15) is 0 Å². The normalized spacial score (nSPS) is 15.2. The molecule has 2 unspecified atom stereocenters. The maximum atomic E-state index is 16.1. The summed E-state index contributed by atoms with van der Waals surface area (Å²) in [7, 11) is 0. The van der Waals surface area contributed by atoms with Gasteiger partial charge < -0.3 is 14.4 Å². The van der Waals surface area contributed by atoms with Gasteiger partial charge in [-0.3, -0.25) is 0 Å². The molecule has 0 heterocycles. The van der Waals surface area contributed by atoms with Crippen LogP contribution in [-0.4, -0.2) is 0 Å². The summed E-state index contributed by atoms with van der Waals surface area (Å²) in [5.74, 6) is -0.386. The van der Waals surface area contributed by atoms with Gasteiger partial charge in [-0.15, -0.1) is 0 Å². The fraction of sp³-hybridized carbons (Fsp3) is 0.0256. The van der Waals surface area contributed by atoms with Crippen LogP contribution < -0.4 is 14.4 Å². The van der Waals surface area contributed by atoms with Crippen LogP contribution in [0.2, 0.25) is 0 Å². The van der Waals surface area contributed by atoms with Crippen molar-refractivity contribution < 1.29 is 27.0 Å². The highest BCUT2D eigenvalue weighted by Gasteiger charge is 2.49. The molecule has 0 fully saturated rings. The number of benzene rings is 12. The second-order valence-electron chi connectivity index (χ2n) is 21.4. The number of anilines is 3. The first-order valence-corrected chi connectivity index (χ1v) is 28.0. The molecule has 2 atom stereocenters. The predicted octanol–water partition coefficient (Wildman–Crippen LogP) is 21.0. The second-order valence-corrected chi connectivity index (χ2v) is 21.4. The summed E-state index contributed by atoms with van der Waals surface area (Å²) in [6.07, 6.45) is 3.54. The lowest BCUT2D eigenvalue weighted by Gasteiger charge is -2.36. The van der Waals surface area contributed by atoms with Gasteiger partial charge in [0.05, 0.1) is 10.8 Å². The quantitative estimate of drug-likeness (QED) is 0.101. The van der Waals surface area contributed by atoms with Crippen molar-refractivity contribution >= 4 is 29.2 Å². The van der Waals surface area contributed by atoms with Crippen LogP contribution in [0.15, 0.2) is 286 Å². The van der Waals surface area contributed by atoms with Crippen molar-refractivity contribution in [1.29, 1.82) is 0 Å². The molecule has 0 N–H and O–H groups in total. The summed E-state index contributed by atoms with van der Waals surface area (Å²) in [5.41, 5.74) is 13.0. The smallest absolute Gasteiger partial charge is 0.127 e. The Morgan fingerprint density at radius 1 is 0.294 bits per heavy atom. The van der Waals surface area contributed by atoms with Crippen LogP contribution >= 0.6 is 0 Å². The van der Waals surface area contributed by atoms with Gasteiger partial charge in [0.2, 0.25) is 0 Å². The molecule has 3 nitrogen and oxygen atoms in total. The molecule has 85 heavy (non-hydrogen) atoms. The van der Waals surface area contributed by atoms with Crippen LogP contribution in [0, 0.1) is 23.3 Å². The molecule has 12 aromatic carbocycles. The topological polar surface area (TPSA) is 21.7 Å². The van der Waals surface area contributed by atoms with Gasteiger partial charge in [0.1, 0.15) is 46.3 Å². The van der Waals surface area contributed by atoms with Gasteiger partial charge in [0, 0.05) is 29.2 Å². The fourth-order valence-corrected chi connectivity index (χ4v) is 13.0. The minimum Gasteiger partial charge on any atom is -0.457 e. The number of hydrogen-bond donors (Lipinski definition) is 0. The predicted molar refractivity (Wildman–Crippen MR) is 334 cm³/mol. The molecule has 0 radical (unpaired) electrons. The van der Waals surface area contributed by atoms with E-state index in [4.69, 9.17) is 9.47 Å². The highest BCUT2D eigenvalue weighted by atomic mass is 19.1. The highest BCUT2D eigenvalue weighted by molar-refractivity contribution is 5.92. The van der Waals surface area contributed by atoms with Crippen LogP contribution in [-0.2, 0) is 10.8 Å². The third-order valence-corrected chi connectivity index (χ3v) is 16.7. The average molecular weight is 1110 g/mol. The van der Waals surface area contributed by atoms with Crippen LogP contribution in [0.1, 0.15) is 55.6 Å². The SMILES string of the molecule is C=Cc1ccc(Oc2ccc(C3(c4cc(F)cc(F)c4)c4ccccc4-c4ccc(N(c5ccc(-c6ccccc6)cc5)c5ccc6c(c5)C(c5ccc(Oc7ccc(C=C)cc7)cc5)(c5cc(F)cc(F)c5)c5ccccc5-6)cc43)cc2)cc1. The van der Waals surface area contributed by atoms with Crippen LogP contribution in [0.25, 0.3) is 45.5 Å². The lowest BCUT2D eigenvalue weighted by Crippen LogP contribution is -2.29. The maximum Gasteiger partial charge on any atom is 0.127 e. The molecule has 0 saturated carbocycles. The maximum absolute atomic E-state index is 16.1. The molecule has 0 aliphatic heterocycles. The Hall–Kier alpha value is -10.8. The van der Waals surface area contributed by atoms with Gasteiger partial charge in [-0.05, 0) is 198 Å². The molecule has 0 bridgehead atoms. The summed E-state index contributed by atoms with van der Waals surface area (Å²) in [5, 5.41) is 0. The zero-order valence-corrected chi connectivity index (χ0v) is 45.8. The molecule has 0 aromatic heterocycles. The van der Waals surface area contributed by atoms with E-state index >= 15 is 17.6 Å². The monoisotopic (exact) mass is 1110 g/mol. The second kappa shape index (κ2) is 21.2. The lowest BCUT2D eigenvalue weighted by molar-refractivity contribution is 0.482. The first kappa shape index (κ1) is 52.3. The Morgan fingerprint density at radius 2 is 0.635 bits per heavy atom. The van der Waals surface area contributed by atoms with E-state index in [1.165, 1.54) is 24.3 Å². The number of rotatable bonds is 14.